The Morgan fingerprint density at radius 3 is 2.41 bits per heavy atom. The molecule has 0 aliphatic carbocycles. The third-order valence-corrected chi connectivity index (χ3v) is 7.28. The molecule has 204 valence electrons. The van der Waals surface area contributed by atoms with Crippen LogP contribution in [-0.2, 0) is 13.2 Å². The molecule has 2 aromatic carbocycles. The number of nitrogens with zero attached hydrogens (tertiary/aromatic N) is 2. The number of carbonyl (C=O) groups is 1. The number of hydrogen-bond acceptors (Lipinski definition) is 7. The maximum Gasteiger partial charge on any atom is 0.337 e. The molecule has 0 fully saturated rings. The van der Waals surface area contributed by atoms with Gasteiger partial charge < -0.3 is 19.3 Å². The predicted molar refractivity (Wildman–Crippen MR) is 153 cm³/mol. The first-order valence-corrected chi connectivity index (χ1v) is 14.0. The quantitative estimate of drug-likeness (QED) is 0.173. The molecule has 0 amide bonds. The molecular formula is C31H34N2O5S. The summed E-state index contributed by atoms with van der Waals surface area (Å²) in [5, 5.41) is 11.8. The summed E-state index contributed by atoms with van der Waals surface area (Å²) < 4.78 is 17.4. The van der Waals surface area contributed by atoms with Crippen LogP contribution in [-0.4, -0.2) is 28.2 Å². The summed E-state index contributed by atoms with van der Waals surface area (Å²) in [4.78, 5) is 19.7. The van der Waals surface area contributed by atoms with Crippen molar-refractivity contribution in [1.29, 1.82) is 0 Å². The summed E-state index contributed by atoms with van der Waals surface area (Å²) >= 11 is 1.46. The van der Waals surface area contributed by atoms with E-state index in [9.17, 15) is 4.79 Å². The third kappa shape index (κ3) is 7.57. The number of carboxylic acid groups (broad SMARTS) is 1. The first-order valence-electron chi connectivity index (χ1n) is 13.2. The van der Waals surface area contributed by atoms with Crippen LogP contribution in [0.1, 0.15) is 71.9 Å². The second kappa shape index (κ2) is 13.8. The average Bonchev–Trinajstić information content (AvgIpc) is 3.44. The molecule has 4 rings (SSSR count). The van der Waals surface area contributed by atoms with E-state index in [0.717, 1.165) is 21.8 Å². The molecule has 8 heteroatoms. The van der Waals surface area contributed by atoms with Crippen molar-refractivity contribution >= 4 is 17.3 Å². The number of methoxy groups -OCH3 is 1. The van der Waals surface area contributed by atoms with Gasteiger partial charge in [-0.3, -0.25) is 4.98 Å². The van der Waals surface area contributed by atoms with Crippen LogP contribution < -0.4 is 14.2 Å². The lowest BCUT2D eigenvalue weighted by molar-refractivity contribution is 0.0695. The monoisotopic (exact) mass is 546 g/mol. The Hall–Kier alpha value is -3.91. The van der Waals surface area contributed by atoms with E-state index in [-0.39, 0.29) is 12.2 Å². The average molecular weight is 547 g/mol. The summed E-state index contributed by atoms with van der Waals surface area (Å²) in [6, 6.07) is 16.0. The van der Waals surface area contributed by atoms with E-state index < -0.39 is 5.97 Å². The van der Waals surface area contributed by atoms with Crippen molar-refractivity contribution in [3.8, 4) is 28.5 Å². The maximum absolute atomic E-state index is 11.1. The Labute approximate surface area is 233 Å². The number of pyridine rings is 1. The molecular weight excluding hydrogens is 512 g/mol. The van der Waals surface area contributed by atoms with Crippen molar-refractivity contribution in [2.75, 3.05) is 7.11 Å². The molecule has 39 heavy (non-hydrogen) atoms. The number of rotatable bonds is 14. The largest absolute Gasteiger partial charge is 0.493 e. The minimum atomic E-state index is -1.05. The van der Waals surface area contributed by atoms with Crippen molar-refractivity contribution in [3.63, 3.8) is 0 Å². The van der Waals surface area contributed by atoms with Crippen LogP contribution in [0.15, 0.2) is 66.3 Å². The van der Waals surface area contributed by atoms with Gasteiger partial charge in [-0.2, -0.15) is 0 Å². The fourth-order valence-corrected chi connectivity index (χ4v) is 5.15. The number of benzene rings is 2. The van der Waals surface area contributed by atoms with Crippen LogP contribution in [0, 0.1) is 0 Å². The number of aromatic carboxylic acids is 1. The van der Waals surface area contributed by atoms with Gasteiger partial charge in [-0.1, -0.05) is 51.0 Å². The van der Waals surface area contributed by atoms with E-state index in [0.29, 0.717) is 29.8 Å². The standard InChI is InChI=1S/C31H34N2O5S/c1-4-6-22(7-5-2)23-10-8-21(9-11-23)18-38-28-13-12-24(15-29(28)36-3)27-20-39-30(33-27)19-37-26-14-25(31(34)35)16-32-17-26/h8-17,20,22H,4-7,18-19H2,1-3H3,(H,34,35). The second-order valence-corrected chi connectivity index (χ2v) is 10.2. The van der Waals surface area contributed by atoms with Crippen molar-refractivity contribution in [3.05, 3.63) is 88.0 Å². The van der Waals surface area contributed by atoms with E-state index in [4.69, 9.17) is 19.3 Å². The molecule has 0 saturated carbocycles. The molecule has 2 aromatic heterocycles. The van der Waals surface area contributed by atoms with Gasteiger partial charge in [-0.15, -0.1) is 11.3 Å². The zero-order valence-corrected chi connectivity index (χ0v) is 23.4. The molecule has 0 aliphatic heterocycles. The van der Waals surface area contributed by atoms with Gasteiger partial charge >= 0.3 is 5.97 Å². The van der Waals surface area contributed by atoms with Gasteiger partial charge in [0.05, 0.1) is 24.6 Å². The number of hydrogen-bond donors (Lipinski definition) is 1. The lowest BCUT2D eigenvalue weighted by Gasteiger charge is -2.16. The second-order valence-electron chi connectivity index (χ2n) is 9.30. The number of carboxylic acids is 1. The van der Waals surface area contributed by atoms with Crippen LogP contribution in [0.4, 0.5) is 0 Å². The van der Waals surface area contributed by atoms with Gasteiger partial charge in [0.1, 0.15) is 24.0 Å². The number of ether oxygens (including phenoxy) is 3. The van der Waals surface area contributed by atoms with Gasteiger partial charge in [0.15, 0.2) is 11.5 Å². The Morgan fingerprint density at radius 2 is 1.72 bits per heavy atom. The fourth-order valence-electron chi connectivity index (χ4n) is 4.44. The number of thiazole rings is 1. The summed E-state index contributed by atoms with van der Waals surface area (Å²) in [6.45, 7) is 5.16. The van der Waals surface area contributed by atoms with Crippen molar-refractivity contribution in [2.24, 2.45) is 0 Å². The van der Waals surface area contributed by atoms with Gasteiger partial charge in [0.2, 0.25) is 0 Å². The van der Waals surface area contributed by atoms with E-state index in [2.05, 4.69) is 48.1 Å². The SMILES string of the molecule is CCCC(CCC)c1ccc(COc2ccc(-c3csc(COc4cncc(C(=O)O)c4)n3)cc2OC)cc1. The molecule has 2 heterocycles. The fraction of sp³-hybridized carbons (Fsp3) is 0.323. The zero-order chi connectivity index (χ0) is 27.6. The van der Waals surface area contributed by atoms with E-state index in [1.54, 1.807) is 7.11 Å². The normalized spacial score (nSPS) is 11.0. The van der Waals surface area contributed by atoms with Gasteiger partial charge in [0, 0.05) is 17.1 Å². The maximum atomic E-state index is 11.1. The molecule has 0 atom stereocenters. The highest BCUT2D eigenvalue weighted by atomic mass is 32.1. The molecule has 4 aromatic rings. The minimum Gasteiger partial charge on any atom is -0.493 e. The molecule has 0 radical (unpaired) electrons. The summed E-state index contributed by atoms with van der Waals surface area (Å²) in [6.07, 6.45) is 7.60. The first kappa shape index (κ1) is 28.1. The summed E-state index contributed by atoms with van der Waals surface area (Å²) in [5.41, 5.74) is 4.29. The van der Waals surface area contributed by atoms with Crippen LogP contribution >= 0.6 is 11.3 Å². The third-order valence-electron chi connectivity index (χ3n) is 6.45. The minimum absolute atomic E-state index is 0.0753. The van der Waals surface area contributed by atoms with E-state index in [1.807, 2.05) is 23.6 Å². The highest BCUT2D eigenvalue weighted by Crippen LogP contribution is 2.34. The summed E-state index contributed by atoms with van der Waals surface area (Å²) in [5.74, 6) is 1.26. The molecule has 7 nitrogen and oxygen atoms in total. The predicted octanol–water partition coefficient (Wildman–Crippen LogP) is 7.75. The van der Waals surface area contributed by atoms with Crippen molar-refractivity contribution in [2.45, 2.75) is 58.7 Å². The zero-order valence-electron chi connectivity index (χ0n) is 22.6. The van der Waals surface area contributed by atoms with Crippen molar-refractivity contribution < 1.29 is 24.1 Å². The summed E-state index contributed by atoms with van der Waals surface area (Å²) in [7, 11) is 1.63. The first-order chi connectivity index (χ1) is 19.0. The van der Waals surface area contributed by atoms with Crippen molar-refractivity contribution in [1.82, 2.24) is 9.97 Å². The lowest BCUT2D eigenvalue weighted by Crippen LogP contribution is -2.01. The molecule has 0 saturated heterocycles. The van der Waals surface area contributed by atoms with Crippen LogP contribution in [0.2, 0.25) is 0 Å². The van der Waals surface area contributed by atoms with Gasteiger partial charge in [0.25, 0.3) is 0 Å². The lowest BCUT2D eigenvalue weighted by atomic mass is 9.90. The van der Waals surface area contributed by atoms with Gasteiger partial charge in [-0.25, -0.2) is 9.78 Å². The Balaban J connectivity index is 1.38. The highest BCUT2D eigenvalue weighted by Gasteiger charge is 2.13. The van der Waals surface area contributed by atoms with Crippen LogP contribution in [0.5, 0.6) is 17.2 Å². The van der Waals surface area contributed by atoms with E-state index >= 15 is 0 Å². The highest BCUT2D eigenvalue weighted by molar-refractivity contribution is 7.09. The van der Waals surface area contributed by atoms with Crippen LogP contribution in [0.25, 0.3) is 11.3 Å². The Bertz CT molecular complexity index is 1360. The molecule has 0 bridgehead atoms. The van der Waals surface area contributed by atoms with Crippen LogP contribution in [0.3, 0.4) is 0 Å². The Morgan fingerprint density at radius 1 is 0.949 bits per heavy atom. The molecule has 1 N–H and O–H groups in total. The Kier molecular flexibility index (Phi) is 9.91. The van der Waals surface area contributed by atoms with E-state index in [1.165, 1.54) is 61.0 Å². The topological polar surface area (TPSA) is 90.8 Å². The molecule has 0 spiro atoms. The molecule has 0 aliphatic rings. The molecule has 0 unspecified atom stereocenters. The number of aromatic nitrogens is 2. The van der Waals surface area contributed by atoms with Gasteiger partial charge in [-0.05, 0) is 54.2 Å². The smallest absolute Gasteiger partial charge is 0.337 e.